The molecule has 5 heteroatoms. The van der Waals surface area contributed by atoms with Gasteiger partial charge in [0.1, 0.15) is 6.61 Å². The Morgan fingerprint density at radius 1 is 1.35 bits per heavy atom. The minimum Gasteiger partial charge on any atom is -0.476 e. The standard InChI is InChI=1S/C15H22N2O3/c1-11-12(14(18)19-2)6-7-13(17-11)20-10-15(16)8-4-3-5-9-15/h6-7H,3-5,8-10,16H2,1-2H3. The number of carbonyl (C=O) groups excluding carboxylic acids is 1. The molecule has 0 aromatic carbocycles. The van der Waals surface area contributed by atoms with E-state index < -0.39 is 0 Å². The van der Waals surface area contributed by atoms with Crippen molar-refractivity contribution in [3.63, 3.8) is 0 Å². The zero-order valence-electron chi connectivity index (χ0n) is 12.1. The summed E-state index contributed by atoms with van der Waals surface area (Å²) >= 11 is 0. The van der Waals surface area contributed by atoms with Gasteiger partial charge in [0.05, 0.1) is 23.9 Å². The van der Waals surface area contributed by atoms with E-state index in [1.54, 1.807) is 19.1 Å². The number of aromatic nitrogens is 1. The maximum absolute atomic E-state index is 11.5. The summed E-state index contributed by atoms with van der Waals surface area (Å²) in [7, 11) is 1.35. The summed E-state index contributed by atoms with van der Waals surface area (Å²) in [6, 6.07) is 3.36. The lowest BCUT2D eigenvalue weighted by molar-refractivity contribution is 0.0599. The molecule has 0 saturated heterocycles. The first-order valence-corrected chi connectivity index (χ1v) is 7.02. The van der Waals surface area contributed by atoms with Crippen LogP contribution >= 0.6 is 0 Å². The lowest BCUT2D eigenvalue weighted by Crippen LogP contribution is -2.47. The van der Waals surface area contributed by atoms with E-state index >= 15 is 0 Å². The molecule has 0 unspecified atom stereocenters. The maximum Gasteiger partial charge on any atom is 0.339 e. The average molecular weight is 278 g/mol. The van der Waals surface area contributed by atoms with Crippen molar-refractivity contribution in [3.05, 3.63) is 23.4 Å². The van der Waals surface area contributed by atoms with Crippen LogP contribution in [0.3, 0.4) is 0 Å². The Labute approximate surface area is 119 Å². The molecule has 0 radical (unpaired) electrons. The predicted molar refractivity (Wildman–Crippen MR) is 75.8 cm³/mol. The maximum atomic E-state index is 11.5. The van der Waals surface area contributed by atoms with E-state index in [0.29, 0.717) is 23.7 Å². The van der Waals surface area contributed by atoms with Crippen molar-refractivity contribution >= 4 is 5.97 Å². The van der Waals surface area contributed by atoms with Crippen molar-refractivity contribution < 1.29 is 14.3 Å². The van der Waals surface area contributed by atoms with Crippen molar-refractivity contribution in [1.29, 1.82) is 0 Å². The number of aryl methyl sites for hydroxylation is 1. The largest absolute Gasteiger partial charge is 0.476 e. The highest BCUT2D eigenvalue weighted by atomic mass is 16.5. The Morgan fingerprint density at radius 2 is 2.05 bits per heavy atom. The first-order valence-electron chi connectivity index (χ1n) is 7.02. The molecule has 0 bridgehead atoms. The third kappa shape index (κ3) is 3.48. The number of esters is 1. The molecule has 5 nitrogen and oxygen atoms in total. The van der Waals surface area contributed by atoms with Gasteiger partial charge < -0.3 is 15.2 Å². The molecule has 0 aliphatic heterocycles. The summed E-state index contributed by atoms with van der Waals surface area (Å²) < 4.78 is 10.4. The van der Waals surface area contributed by atoms with Gasteiger partial charge in [-0.15, -0.1) is 0 Å². The number of hydrogen-bond donors (Lipinski definition) is 1. The topological polar surface area (TPSA) is 74.4 Å². The summed E-state index contributed by atoms with van der Waals surface area (Å²) in [6.45, 7) is 2.23. The minimum absolute atomic E-state index is 0.241. The SMILES string of the molecule is COC(=O)c1ccc(OCC2(N)CCCCC2)nc1C. The molecule has 0 amide bonds. The van der Waals surface area contributed by atoms with E-state index in [2.05, 4.69) is 9.72 Å². The van der Waals surface area contributed by atoms with Crippen LogP contribution in [-0.2, 0) is 4.74 Å². The van der Waals surface area contributed by atoms with Gasteiger partial charge in [0.2, 0.25) is 5.88 Å². The average Bonchev–Trinajstić information content (AvgIpc) is 2.45. The van der Waals surface area contributed by atoms with E-state index in [1.165, 1.54) is 13.5 Å². The Hall–Kier alpha value is -1.62. The Morgan fingerprint density at radius 3 is 2.65 bits per heavy atom. The molecule has 1 aromatic rings. The van der Waals surface area contributed by atoms with Crippen LogP contribution in [0.2, 0.25) is 0 Å². The quantitative estimate of drug-likeness (QED) is 0.855. The summed E-state index contributed by atoms with van der Waals surface area (Å²) in [6.07, 6.45) is 5.56. The molecule has 110 valence electrons. The van der Waals surface area contributed by atoms with Crippen molar-refractivity contribution in [3.8, 4) is 5.88 Å². The molecule has 1 aromatic heterocycles. The fourth-order valence-corrected chi connectivity index (χ4v) is 2.56. The van der Waals surface area contributed by atoms with Crippen LogP contribution in [0.25, 0.3) is 0 Å². The molecule has 1 saturated carbocycles. The van der Waals surface area contributed by atoms with E-state index in [9.17, 15) is 4.79 Å². The fraction of sp³-hybridized carbons (Fsp3) is 0.600. The third-order valence-corrected chi connectivity index (χ3v) is 3.82. The number of nitrogens with two attached hydrogens (primary N) is 1. The van der Waals surface area contributed by atoms with Crippen LogP contribution in [-0.4, -0.2) is 30.2 Å². The monoisotopic (exact) mass is 278 g/mol. The van der Waals surface area contributed by atoms with E-state index in [-0.39, 0.29) is 11.5 Å². The normalized spacial score (nSPS) is 17.6. The van der Waals surface area contributed by atoms with Gasteiger partial charge in [0, 0.05) is 6.07 Å². The zero-order chi connectivity index (χ0) is 14.6. The fourth-order valence-electron chi connectivity index (χ4n) is 2.56. The van der Waals surface area contributed by atoms with Crippen LogP contribution in [0.1, 0.15) is 48.2 Å². The minimum atomic E-state index is -0.385. The van der Waals surface area contributed by atoms with Gasteiger partial charge in [-0.3, -0.25) is 0 Å². The Bertz CT molecular complexity index is 482. The lowest BCUT2D eigenvalue weighted by atomic mass is 9.83. The van der Waals surface area contributed by atoms with Crippen molar-refractivity contribution in [2.24, 2.45) is 5.73 Å². The summed E-state index contributed by atoms with van der Waals surface area (Å²) in [5.41, 5.74) is 7.14. The Balaban J connectivity index is 2.00. The lowest BCUT2D eigenvalue weighted by Gasteiger charge is -2.32. The van der Waals surface area contributed by atoms with Gasteiger partial charge in [-0.1, -0.05) is 19.3 Å². The van der Waals surface area contributed by atoms with Crippen molar-refractivity contribution in [2.45, 2.75) is 44.6 Å². The summed E-state index contributed by atoms with van der Waals surface area (Å²) in [5, 5.41) is 0. The molecule has 2 N–H and O–H groups in total. The van der Waals surface area contributed by atoms with Gasteiger partial charge in [0.25, 0.3) is 0 Å². The number of pyridine rings is 1. The summed E-state index contributed by atoms with van der Waals surface area (Å²) in [5.74, 6) is 0.120. The third-order valence-electron chi connectivity index (χ3n) is 3.82. The second-order valence-electron chi connectivity index (χ2n) is 5.49. The highest BCUT2D eigenvalue weighted by Crippen LogP contribution is 2.26. The zero-order valence-corrected chi connectivity index (χ0v) is 12.1. The van der Waals surface area contributed by atoms with Gasteiger partial charge in [-0.2, -0.15) is 0 Å². The van der Waals surface area contributed by atoms with E-state index in [0.717, 1.165) is 25.7 Å². The second kappa shape index (κ2) is 6.22. The highest BCUT2D eigenvalue weighted by molar-refractivity contribution is 5.90. The van der Waals surface area contributed by atoms with Gasteiger partial charge >= 0.3 is 5.97 Å². The first kappa shape index (κ1) is 14.8. The van der Waals surface area contributed by atoms with Crippen LogP contribution in [0.15, 0.2) is 12.1 Å². The van der Waals surface area contributed by atoms with E-state index in [1.807, 2.05) is 0 Å². The number of nitrogens with zero attached hydrogens (tertiary/aromatic N) is 1. The molecule has 1 aliphatic carbocycles. The number of hydrogen-bond acceptors (Lipinski definition) is 5. The molecular weight excluding hydrogens is 256 g/mol. The summed E-state index contributed by atoms with van der Waals surface area (Å²) in [4.78, 5) is 15.8. The molecule has 1 heterocycles. The number of carbonyl (C=O) groups is 1. The van der Waals surface area contributed by atoms with Crippen molar-refractivity contribution in [2.75, 3.05) is 13.7 Å². The smallest absolute Gasteiger partial charge is 0.339 e. The molecule has 1 aliphatic rings. The van der Waals surface area contributed by atoms with Crippen LogP contribution < -0.4 is 10.5 Å². The van der Waals surface area contributed by atoms with Gasteiger partial charge in [0.15, 0.2) is 0 Å². The Kier molecular flexibility index (Phi) is 4.60. The van der Waals surface area contributed by atoms with Crippen LogP contribution in [0.4, 0.5) is 0 Å². The van der Waals surface area contributed by atoms with Crippen LogP contribution in [0, 0.1) is 6.92 Å². The molecule has 0 atom stereocenters. The number of methoxy groups -OCH3 is 1. The van der Waals surface area contributed by atoms with Crippen LogP contribution in [0.5, 0.6) is 5.88 Å². The molecule has 2 rings (SSSR count). The number of ether oxygens (including phenoxy) is 2. The predicted octanol–water partition coefficient (Wildman–Crippen LogP) is 2.22. The highest BCUT2D eigenvalue weighted by Gasteiger charge is 2.28. The molecule has 1 fully saturated rings. The molecule has 20 heavy (non-hydrogen) atoms. The van der Waals surface area contributed by atoms with Gasteiger partial charge in [-0.25, -0.2) is 9.78 Å². The van der Waals surface area contributed by atoms with Crippen molar-refractivity contribution in [1.82, 2.24) is 4.98 Å². The molecular formula is C15H22N2O3. The first-order chi connectivity index (χ1) is 9.54. The second-order valence-corrected chi connectivity index (χ2v) is 5.49. The van der Waals surface area contributed by atoms with E-state index in [4.69, 9.17) is 10.5 Å². The molecule has 0 spiro atoms. The van der Waals surface area contributed by atoms with Gasteiger partial charge in [-0.05, 0) is 25.8 Å². The number of rotatable bonds is 4.